The standard InChI is InChI=1S/C17H25N5O3/c1-13(2)14(20-7-9-25-10-8-20)11-18-16(23)12-22-17(24)21-6-4-3-5-15(21)19-22/h3-6,13-14H,7-12H2,1-2H3,(H,18,23)/t14-/m1/s1. The lowest BCUT2D eigenvalue weighted by atomic mass is 10.0. The second-order valence-corrected chi connectivity index (χ2v) is 6.63. The molecule has 3 heterocycles. The van der Waals surface area contributed by atoms with Crippen LogP contribution in [0.25, 0.3) is 5.65 Å². The van der Waals surface area contributed by atoms with Gasteiger partial charge in [0.05, 0.1) is 13.2 Å². The Balaban J connectivity index is 1.61. The summed E-state index contributed by atoms with van der Waals surface area (Å²) >= 11 is 0. The van der Waals surface area contributed by atoms with Crippen LogP contribution in [0.2, 0.25) is 0 Å². The Hall–Kier alpha value is -2.19. The van der Waals surface area contributed by atoms with Crippen molar-refractivity contribution in [2.45, 2.75) is 26.4 Å². The molecule has 1 N–H and O–H groups in total. The lowest BCUT2D eigenvalue weighted by Gasteiger charge is -2.36. The number of morpholine rings is 1. The zero-order valence-corrected chi connectivity index (χ0v) is 14.7. The van der Waals surface area contributed by atoms with Crippen molar-refractivity contribution in [2.75, 3.05) is 32.8 Å². The number of carbonyl (C=O) groups is 1. The third-order valence-electron chi connectivity index (χ3n) is 4.57. The first kappa shape index (κ1) is 17.6. The number of nitrogens with one attached hydrogen (secondary N) is 1. The smallest absolute Gasteiger partial charge is 0.350 e. The van der Waals surface area contributed by atoms with Gasteiger partial charge in [-0.05, 0) is 18.1 Å². The molecule has 1 aliphatic rings. The second-order valence-electron chi connectivity index (χ2n) is 6.63. The highest BCUT2D eigenvalue weighted by molar-refractivity contribution is 5.75. The third-order valence-corrected chi connectivity index (χ3v) is 4.57. The van der Waals surface area contributed by atoms with Crippen molar-refractivity contribution in [1.82, 2.24) is 24.4 Å². The fourth-order valence-corrected chi connectivity index (χ4v) is 3.18. The molecule has 1 saturated heterocycles. The van der Waals surface area contributed by atoms with Gasteiger partial charge in [-0.2, -0.15) is 0 Å². The summed E-state index contributed by atoms with van der Waals surface area (Å²) in [5, 5.41) is 7.13. The first-order valence-electron chi connectivity index (χ1n) is 8.69. The zero-order valence-electron chi connectivity index (χ0n) is 14.7. The SMILES string of the molecule is CC(C)[C@@H](CNC(=O)Cn1nc2ccccn2c1=O)N1CCOCC1. The largest absolute Gasteiger partial charge is 0.379 e. The van der Waals surface area contributed by atoms with Crippen molar-refractivity contribution in [3.8, 4) is 0 Å². The number of hydrogen-bond acceptors (Lipinski definition) is 5. The van der Waals surface area contributed by atoms with Gasteiger partial charge in [0.15, 0.2) is 5.65 Å². The van der Waals surface area contributed by atoms with E-state index in [1.54, 1.807) is 18.3 Å². The minimum absolute atomic E-state index is 0.0750. The quantitative estimate of drug-likeness (QED) is 0.794. The maximum absolute atomic E-state index is 12.3. The molecule has 1 fully saturated rings. The van der Waals surface area contributed by atoms with Gasteiger partial charge in [0.25, 0.3) is 0 Å². The van der Waals surface area contributed by atoms with Crippen LogP contribution in [-0.4, -0.2) is 63.9 Å². The number of aromatic nitrogens is 3. The highest BCUT2D eigenvalue weighted by Crippen LogP contribution is 2.12. The highest BCUT2D eigenvalue weighted by atomic mass is 16.5. The van der Waals surface area contributed by atoms with Crippen molar-refractivity contribution < 1.29 is 9.53 Å². The molecule has 0 aliphatic carbocycles. The first-order valence-corrected chi connectivity index (χ1v) is 8.69. The van der Waals surface area contributed by atoms with Gasteiger partial charge in [-0.15, -0.1) is 5.10 Å². The van der Waals surface area contributed by atoms with Crippen molar-refractivity contribution in [2.24, 2.45) is 5.92 Å². The van der Waals surface area contributed by atoms with E-state index in [-0.39, 0.29) is 24.2 Å². The summed E-state index contributed by atoms with van der Waals surface area (Å²) in [6.45, 7) is 8.00. The predicted octanol–water partition coefficient (Wildman–Crippen LogP) is -0.0310. The molecular weight excluding hydrogens is 322 g/mol. The first-order chi connectivity index (χ1) is 12.1. The summed E-state index contributed by atoms with van der Waals surface area (Å²) in [7, 11) is 0. The summed E-state index contributed by atoms with van der Waals surface area (Å²) in [5.41, 5.74) is 0.230. The van der Waals surface area contributed by atoms with Crippen LogP contribution < -0.4 is 11.0 Å². The van der Waals surface area contributed by atoms with Crippen LogP contribution in [0, 0.1) is 5.92 Å². The topological polar surface area (TPSA) is 80.9 Å². The van der Waals surface area contributed by atoms with E-state index in [1.807, 2.05) is 6.07 Å². The van der Waals surface area contributed by atoms with E-state index >= 15 is 0 Å². The third kappa shape index (κ3) is 4.08. The molecule has 1 amide bonds. The van der Waals surface area contributed by atoms with E-state index in [2.05, 4.69) is 29.2 Å². The summed E-state index contributed by atoms with van der Waals surface area (Å²) in [6.07, 6.45) is 1.65. The van der Waals surface area contributed by atoms with Gasteiger partial charge in [-0.1, -0.05) is 19.9 Å². The molecule has 3 rings (SSSR count). The van der Waals surface area contributed by atoms with E-state index < -0.39 is 0 Å². The molecule has 0 unspecified atom stereocenters. The van der Waals surface area contributed by atoms with Gasteiger partial charge < -0.3 is 10.1 Å². The fraction of sp³-hybridized carbons (Fsp3) is 0.588. The molecule has 2 aromatic heterocycles. The number of fused-ring (bicyclic) bond motifs is 1. The maximum Gasteiger partial charge on any atom is 0.350 e. The van der Waals surface area contributed by atoms with Crippen molar-refractivity contribution >= 4 is 11.6 Å². The Bertz CT molecular complexity index is 776. The summed E-state index contributed by atoms with van der Waals surface area (Å²) in [6, 6.07) is 5.56. The molecule has 2 aromatic rings. The average Bonchev–Trinajstić information content (AvgIpc) is 2.92. The Morgan fingerprint density at radius 2 is 2.08 bits per heavy atom. The molecule has 1 aliphatic heterocycles. The molecule has 8 heteroatoms. The van der Waals surface area contributed by atoms with Gasteiger partial charge in [0.1, 0.15) is 6.54 Å². The Kier molecular flexibility index (Phi) is 5.50. The average molecular weight is 347 g/mol. The van der Waals surface area contributed by atoms with E-state index in [4.69, 9.17) is 4.74 Å². The van der Waals surface area contributed by atoms with Gasteiger partial charge >= 0.3 is 5.69 Å². The summed E-state index contributed by atoms with van der Waals surface area (Å²) < 4.78 is 8.03. The van der Waals surface area contributed by atoms with E-state index in [0.29, 0.717) is 18.1 Å². The minimum atomic E-state index is -0.306. The monoisotopic (exact) mass is 347 g/mol. The van der Waals surface area contributed by atoms with E-state index in [1.165, 1.54) is 9.08 Å². The molecule has 1 atom stereocenters. The van der Waals surface area contributed by atoms with Crippen LogP contribution in [0.4, 0.5) is 0 Å². The molecule has 8 nitrogen and oxygen atoms in total. The number of ether oxygens (including phenoxy) is 1. The lowest BCUT2D eigenvalue weighted by Crippen LogP contribution is -2.51. The van der Waals surface area contributed by atoms with E-state index in [0.717, 1.165) is 26.3 Å². The summed E-state index contributed by atoms with van der Waals surface area (Å²) in [5.74, 6) is 0.209. The molecule has 0 spiro atoms. The van der Waals surface area contributed by atoms with Crippen LogP contribution >= 0.6 is 0 Å². The lowest BCUT2D eigenvalue weighted by molar-refractivity contribution is -0.122. The number of carbonyl (C=O) groups excluding carboxylic acids is 1. The normalized spacial score (nSPS) is 17.1. The van der Waals surface area contributed by atoms with Crippen molar-refractivity contribution in [3.63, 3.8) is 0 Å². The van der Waals surface area contributed by atoms with Gasteiger partial charge in [-0.3, -0.25) is 14.1 Å². The van der Waals surface area contributed by atoms with Crippen LogP contribution in [0.5, 0.6) is 0 Å². The van der Waals surface area contributed by atoms with E-state index in [9.17, 15) is 9.59 Å². The second kappa shape index (κ2) is 7.79. The predicted molar refractivity (Wildman–Crippen MR) is 93.5 cm³/mol. The molecular formula is C17H25N5O3. The van der Waals surface area contributed by atoms with Gasteiger partial charge in [-0.25, -0.2) is 9.48 Å². The number of hydrogen-bond donors (Lipinski definition) is 1. The minimum Gasteiger partial charge on any atom is -0.379 e. The van der Waals surface area contributed by atoms with Crippen LogP contribution in [0.15, 0.2) is 29.2 Å². The van der Waals surface area contributed by atoms with Crippen LogP contribution in [0.1, 0.15) is 13.8 Å². The maximum atomic E-state index is 12.3. The van der Waals surface area contributed by atoms with Gasteiger partial charge in [0.2, 0.25) is 5.91 Å². The fourth-order valence-electron chi connectivity index (χ4n) is 3.18. The van der Waals surface area contributed by atoms with Crippen molar-refractivity contribution in [1.29, 1.82) is 0 Å². The molecule has 0 saturated carbocycles. The van der Waals surface area contributed by atoms with Crippen LogP contribution in [0.3, 0.4) is 0 Å². The zero-order chi connectivity index (χ0) is 17.8. The molecule has 25 heavy (non-hydrogen) atoms. The molecule has 0 radical (unpaired) electrons. The Morgan fingerprint density at radius 1 is 1.32 bits per heavy atom. The summed E-state index contributed by atoms with van der Waals surface area (Å²) in [4.78, 5) is 26.9. The number of rotatable bonds is 6. The molecule has 0 aromatic carbocycles. The number of pyridine rings is 1. The number of nitrogens with zero attached hydrogens (tertiary/aromatic N) is 4. The molecule has 136 valence electrons. The van der Waals surface area contributed by atoms with Crippen LogP contribution in [-0.2, 0) is 16.1 Å². The Labute approximate surface area is 146 Å². The van der Waals surface area contributed by atoms with Crippen molar-refractivity contribution in [3.05, 3.63) is 34.9 Å². The Morgan fingerprint density at radius 3 is 2.76 bits per heavy atom. The highest BCUT2D eigenvalue weighted by Gasteiger charge is 2.24. The molecule has 0 bridgehead atoms. The number of amides is 1. The van der Waals surface area contributed by atoms with Gasteiger partial charge in [0, 0.05) is 31.9 Å².